The first-order valence-electron chi connectivity index (χ1n) is 7.27. The molecule has 2 N–H and O–H groups in total. The van der Waals surface area contributed by atoms with Crippen LogP contribution in [0.5, 0.6) is 0 Å². The third-order valence-electron chi connectivity index (χ3n) is 3.26. The van der Waals surface area contributed by atoms with Gasteiger partial charge in [0.2, 0.25) is 0 Å². The predicted octanol–water partition coefficient (Wildman–Crippen LogP) is 3.51. The molecule has 0 radical (unpaired) electrons. The molecule has 0 spiro atoms. The smallest absolute Gasteiger partial charge is 0.348 e. The van der Waals surface area contributed by atoms with Gasteiger partial charge in [0, 0.05) is 23.0 Å². The lowest BCUT2D eigenvalue weighted by atomic mass is 10.1. The molecule has 26 heavy (non-hydrogen) atoms. The average molecular weight is 370 g/mol. The minimum Gasteiger partial charge on any atom is -0.480 e. The molecule has 1 aromatic carbocycles. The quantitative estimate of drug-likeness (QED) is 0.436. The van der Waals surface area contributed by atoms with Crippen LogP contribution in [0.15, 0.2) is 57.7 Å². The van der Waals surface area contributed by atoms with Gasteiger partial charge in [-0.15, -0.1) is 11.3 Å². The number of anilines is 1. The molecular weight excluding hydrogens is 356 g/mol. The van der Waals surface area contributed by atoms with Crippen LogP contribution in [0, 0.1) is 11.3 Å². The molecule has 2 rings (SSSR count). The van der Waals surface area contributed by atoms with E-state index in [0.29, 0.717) is 5.69 Å². The van der Waals surface area contributed by atoms with Crippen molar-refractivity contribution in [3.63, 3.8) is 0 Å². The van der Waals surface area contributed by atoms with E-state index in [1.165, 1.54) is 17.4 Å². The van der Waals surface area contributed by atoms with Gasteiger partial charge in [-0.2, -0.15) is 15.5 Å². The number of azo groups is 1. The van der Waals surface area contributed by atoms with Crippen LogP contribution in [0.2, 0.25) is 0 Å². The number of likely N-dealkylation sites (N-methyl/N-ethyl adjacent to an activating group) is 1. The average Bonchev–Trinajstić information content (AvgIpc) is 3.07. The number of thiophene rings is 1. The van der Waals surface area contributed by atoms with Gasteiger partial charge in [0.25, 0.3) is 0 Å². The van der Waals surface area contributed by atoms with Crippen molar-refractivity contribution >= 4 is 34.7 Å². The Balaban J connectivity index is 2.11. The van der Waals surface area contributed by atoms with Gasteiger partial charge in [-0.1, -0.05) is 12.1 Å². The topological polar surface area (TPSA) is 126 Å². The molecule has 1 heterocycles. The fourth-order valence-corrected chi connectivity index (χ4v) is 2.81. The van der Waals surface area contributed by atoms with Crippen molar-refractivity contribution in [3.05, 3.63) is 47.5 Å². The Kier molecular flexibility index (Phi) is 6.19. The number of nitriles is 1. The number of carboxylic acid groups (broad SMARTS) is 2. The van der Waals surface area contributed by atoms with Crippen molar-refractivity contribution in [1.29, 1.82) is 5.26 Å². The van der Waals surface area contributed by atoms with Crippen LogP contribution in [0.3, 0.4) is 0 Å². The maximum Gasteiger partial charge on any atom is 0.348 e. The monoisotopic (exact) mass is 370 g/mol. The van der Waals surface area contributed by atoms with Gasteiger partial charge in [0.15, 0.2) is 5.57 Å². The van der Waals surface area contributed by atoms with Crippen molar-refractivity contribution in [1.82, 2.24) is 0 Å². The van der Waals surface area contributed by atoms with E-state index in [-0.39, 0.29) is 6.54 Å². The Morgan fingerprint density at radius 2 is 2.00 bits per heavy atom. The number of rotatable bonds is 7. The largest absolute Gasteiger partial charge is 0.480 e. The van der Waals surface area contributed by atoms with Gasteiger partial charge in [0.1, 0.15) is 12.6 Å². The molecule has 0 saturated heterocycles. The van der Waals surface area contributed by atoms with Crippen molar-refractivity contribution in [2.45, 2.75) is 0 Å². The lowest BCUT2D eigenvalue weighted by Crippen LogP contribution is -2.24. The second kappa shape index (κ2) is 8.55. The second-order valence-electron chi connectivity index (χ2n) is 5.14. The molecule has 0 saturated carbocycles. The molecule has 0 amide bonds. The molecule has 0 bridgehead atoms. The number of carboxylic acids is 2. The predicted molar refractivity (Wildman–Crippen MR) is 96.5 cm³/mol. The van der Waals surface area contributed by atoms with Crippen LogP contribution < -0.4 is 4.90 Å². The summed E-state index contributed by atoms with van der Waals surface area (Å²) in [6.07, 6.45) is 0.896. The summed E-state index contributed by atoms with van der Waals surface area (Å²) in [5.74, 6) is -2.26. The highest BCUT2D eigenvalue weighted by molar-refractivity contribution is 7.14. The number of carbonyl (C=O) groups is 2. The third kappa shape index (κ3) is 4.99. The highest BCUT2D eigenvalue weighted by atomic mass is 32.1. The van der Waals surface area contributed by atoms with Crippen LogP contribution in [0.4, 0.5) is 11.4 Å². The van der Waals surface area contributed by atoms with Crippen LogP contribution in [0.1, 0.15) is 0 Å². The number of benzene rings is 1. The van der Waals surface area contributed by atoms with Crippen molar-refractivity contribution < 1.29 is 19.8 Å². The van der Waals surface area contributed by atoms with Gasteiger partial charge in [-0.05, 0) is 23.8 Å². The zero-order chi connectivity index (χ0) is 19.1. The fraction of sp³-hybridized carbons (Fsp3) is 0.118. The maximum atomic E-state index is 10.7. The van der Waals surface area contributed by atoms with Crippen LogP contribution in [-0.2, 0) is 9.59 Å². The van der Waals surface area contributed by atoms with Gasteiger partial charge >= 0.3 is 11.9 Å². The molecule has 2 aromatic rings. The number of hydrogen-bond donors (Lipinski definition) is 2. The maximum absolute atomic E-state index is 10.7. The Morgan fingerprint density at radius 3 is 2.58 bits per heavy atom. The molecule has 8 nitrogen and oxygen atoms in total. The molecule has 0 aliphatic rings. The van der Waals surface area contributed by atoms with Crippen molar-refractivity contribution in [2.75, 3.05) is 18.5 Å². The summed E-state index contributed by atoms with van der Waals surface area (Å²) in [6, 6.07) is 10.7. The van der Waals surface area contributed by atoms with E-state index in [2.05, 4.69) is 10.2 Å². The number of aliphatic carboxylic acids is 2. The van der Waals surface area contributed by atoms with Crippen LogP contribution in [0.25, 0.3) is 10.4 Å². The van der Waals surface area contributed by atoms with Gasteiger partial charge in [-0.3, -0.25) is 4.79 Å². The first-order valence-corrected chi connectivity index (χ1v) is 8.15. The highest BCUT2D eigenvalue weighted by Crippen LogP contribution is 2.32. The zero-order valence-corrected chi connectivity index (χ0v) is 14.5. The minimum absolute atomic E-state index is 0.0859. The molecular formula is C17H14N4O4S. The number of hydrogen-bond acceptors (Lipinski definition) is 7. The summed E-state index contributed by atoms with van der Waals surface area (Å²) in [6.45, 7) is -0.0859. The molecule has 9 heteroatoms. The Morgan fingerprint density at radius 1 is 1.31 bits per heavy atom. The van der Waals surface area contributed by atoms with Gasteiger partial charge in [0.05, 0.1) is 11.9 Å². The van der Waals surface area contributed by atoms with Crippen molar-refractivity contribution in [3.8, 4) is 16.5 Å². The molecule has 1 aromatic heterocycles. The summed E-state index contributed by atoms with van der Waals surface area (Å²) >= 11 is 1.43. The molecule has 0 aliphatic heterocycles. The molecule has 0 fully saturated rings. The lowest BCUT2D eigenvalue weighted by molar-refractivity contribution is -0.135. The zero-order valence-electron chi connectivity index (χ0n) is 13.7. The van der Waals surface area contributed by atoms with Crippen molar-refractivity contribution in [2.24, 2.45) is 10.2 Å². The summed E-state index contributed by atoms with van der Waals surface area (Å²) in [5.41, 5.74) is 1.76. The SMILES string of the molecule is CN(CC(=O)O)c1ccc(-c2cc(N=N/C=C(\C#N)C(=O)O)cs2)cc1. The van der Waals surface area contributed by atoms with E-state index >= 15 is 0 Å². The number of nitrogens with zero attached hydrogens (tertiary/aromatic N) is 4. The normalized spacial score (nSPS) is 11.3. The summed E-state index contributed by atoms with van der Waals surface area (Å²) in [4.78, 5) is 24.0. The second-order valence-corrected chi connectivity index (χ2v) is 6.05. The Bertz CT molecular complexity index is 910. The Hall–Kier alpha value is -3.51. The van der Waals surface area contributed by atoms with Gasteiger partial charge < -0.3 is 15.1 Å². The lowest BCUT2D eigenvalue weighted by Gasteiger charge is -2.16. The summed E-state index contributed by atoms with van der Waals surface area (Å²) in [7, 11) is 1.70. The van der Waals surface area contributed by atoms with E-state index < -0.39 is 17.5 Å². The molecule has 0 aliphatic carbocycles. The molecule has 132 valence electrons. The third-order valence-corrected chi connectivity index (χ3v) is 4.23. The standard InChI is InChI=1S/C17H14N4O4S/c1-21(9-16(22)23)14-4-2-11(3-5-14)15-6-13(10-26-15)20-19-8-12(7-18)17(24)25/h2-6,8,10H,9H2,1H3,(H,22,23)(H,24,25)/b12-8+,20-19?. The van der Waals surface area contributed by atoms with Crippen LogP contribution >= 0.6 is 11.3 Å². The first kappa shape index (κ1) is 18.8. The minimum atomic E-state index is -1.36. The highest BCUT2D eigenvalue weighted by Gasteiger charge is 2.07. The summed E-state index contributed by atoms with van der Waals surface area (Å²) in [5, 5.41) is 35.4. The molecule has 0 unspecified atom stereocenters. The van der Waals surface area contributed by atoms with E-state index in [1.54, 1.807) is 23.4 Å². The van der Waals surface area contributed by atoms with E-state index in [1.807, 2.05) is 24.3 Å². The Labute approximate surface area is 153 Å². The van der Waals surface area contributed by atoms with Crippen LogP contribution in [-0.4, -0.2) is 35.7 Å². The van der Waals surface area contributed by atoms with E-state index in [4.69, 9.17) is 15.5 Å². The summed E-state index contributed by atoms with van der Waals surface area (Å²) < 4.78 is 0. The van der Waals surface area contributed by atoms with Gasteiger partial charge in [-0.25, -0.2) is 4.79 Å². The molecule has 0 atom stereocenters. The van der Waals surface area contributed by atoms with E-state index in [9.17, 15) is 9.59 Å². The first-order chi connectivity index (χ1) is 12.4. The fourth-order valence-electron chi connectivity index (χ4n) is 1.99. The van der Waals surface area contributed by atoms with E-state index in [0.717, 1.165) is 22.3 Å².